The minimum Gasteiger partial charge on any atom is -0.507 e. The number of methoxy groups -OCH3 is 1. The highest BCUT2D eigenvalue weighted by molar-refractivity contribution is 5.77. The first-order chi connectivity index (χ1) is 13.7. The molecular formula is C25H30O4. The van der Waals surface area contributed by atoms with Crippen LogP contribution in [0.25, 0.3) is 12.2 Å². The van der Waals surface area contributed by atoms with Gasteiger partial charge >= 0.3 is 0 Å². The quantitative estimate of drug-likeness (QED) is 0.398. The van der Waals surface area contributed by atoms with Crippen LogP contribution in [0.15, 0.2) is 47.6 Å². The van der Waals surface area contributed by atoms with Crippen LogP contribution in [0.1, 0.15) is 49.9 Å². The second-order valence-corrected chi connectivity index (χ2v) is 7.52. The van der Waals surface area contributed by atoms with Crippen LogP contribution < -0.4 is 4.74 Å². The van der Waals surface area contributed by atoms with Gasteiger partial charge in [0.15, 0.2) is 11.5 Å². The van der Waals surface area contributed by atoms with Gasteiger partial charge in [-0.3, -0.25) is 0 Å². The average Bonchev–Trinajstić information content (AvgIpc) is 2.65. The molecule has 0 bridgehead atoms. The summed E-state index contributed by atoms with van der Waals surface area (Å²) in [5.41, 5.74) is 5.47. The Morgan fingerprint density at radius 1 is 0.793 bits per heavy atom. The summed E-state index contributed by atoms with van der Waals surface area (Å²) in [5, 5.41) is 30.8. The van der Waals surface area contributed by atoms with Crippen LogP contribution in [0.3, 0.4) is 0 Å². The maximum Gasteiger partial charge on any atom is 0.161 e. The van der Waals surface area contributed by atoms with Crippen molar-refractivity contribution in [3.05, 3.63) is 69.8 Å². The third-order valence-electron chi connectivity index (χ3n) is 4.62. The van der Waals surface area contributed by atoms with E-state index >= 15 is 0 Å². The molecule has 154 valence electrons. The standard InChI is InChI=1S/C25H30O4/c1-16(2)6-10-20-19(12-8-18-9-13-22(26)25(14-18)29-5)21(11-7-17(3)4)24(28)15-23(20)27/h6-9,12-15,26-28H,10-11H2,1-5H3/b12-8+. The van der Waals surface area contributed by atoms with Crippen LogP contribution in [0.2, 0.25) is 0 Å². The summed E-state index contributed by atoms with van der Waals surface area (Å²) in [6, 6.07) is 6.51. The summed E-state index contributed by atoms with van der Waals surface area (Å²) >= 11 is 0. The van der Waals surface area contributed by atoms with Crippen molar-refractivity contribution in [1.82, 2.24) is 0 Å². The molecule has 0 heterocycles. The Hall–Kier alpha value is -3.14. The van der Waals surface area contributed by atoms with Crippen molar-refractivity contribution in [2.24, 2.45) is 0 Å². The van der Waals surface area contributed by atoms with Crippen LogP contribution in [-0.4, -0.2) is 22.4 Å². The van der Waals surface area contributed by atoms with E-state index in [0.29, 0.717) is 18.6 Å². The van der Waals surface area contributed by atoms with Crippen molar-refractivity contribution in [1.29, 1.82) is 0 Å². The Morgan fingerprint density at radius 3 is 1.83 bits per heavy atom. The van der Waals surface area contributed by atoms with E-state index in [-0.39, 0.29) is 17.2 Å². The second kappa shape index (κ2) is 9.87. The van der Waals surface area contributed by atoms with Crippen LogP contribution in [0.4, 0.5) is 0 Å². The zero-order valence-corrected chi connectivity index (χ0v) is 17.8. The average molecular weight is 395 g/mol. The highest BCUT2D eigenvalue weighted by Gasteiger charge is 2.15. The zero-order chi connectivity index (χ0) is 21.6. The predicted molar refractivity (Wildman–Crippen MR) is 120 cm³/mol. The summed E-state index contributed by atoms with van der Waals surface area (Å²) in [6.45, 7) is 8.05. The first-order valence-corrected chi connectivity index (χ1v) is 9.61. The number of hydrogen-bond donors (Lipinski definition) is 3. The number of allylic oxidation sites excluding steroid dienone is 4. The summed E-state index contributed by atoms with van der Waals surface area (Å²) in [5.74, 6) is 0.612. The normalized spacial score (nSPS) is 10.8. The number of benzene rings is 2. The molecule has 0 unspecified atom stereocenters. The smallest absolute Gasteiger partial charge is 0.161 e. The Balaban J connectivity index is 2.61. The number of phenols is 3. The first-order valence-electron chi connectivity index (χ1n) is 9.61. The lowest BCUT2D eigenvalue weighted by molar-refractivity contribution is 0.373. The molecule has 0 aliphatic carbocycles. The van der Waals surface area contributed by atoms with E-state index in [1.807, 2.05) is 39.8 Å². The van der Waals surface area contributed by atoms with E-state index in [1.165, 1.54) is 13.2 Å². The summed E-state index contributed by atoms with van der Waals surface area (Å²) in [7, 11) is 1.50. The van der Waals surface area contributed by atoms with Crippen molar-refractivity contribution in [2.75, 3.05) is 7.11 Å². The minimum absolute atomic E-state index is 0.0730. The van der Waals surface area contributed by atoms with Gasteiger partial charge in [-0.15, -0.1) is 0 Å². The Labute approximate surface area is 173 Å². The number of hydrogen-bond acceptors (Lipinski definition) is 4. The lowest BCUT2D eigenvalue weighted by atomic mass is 9.93. The number of aromatic hydroxyl groups is 3. The Bertz CT molecular complexity index is 913. The van der Waals surface area contributed by atoms with Crippen molar-refractivity contribution in [2.45, 2.75) is 40.5 Å². The van der Waals surface area contributed by atoms with E-state index in [9.17, 15) is 15.3 Å². The molecule has 0 atom stereocenters. The SMILES string of the molecule is COc1cc(/C=C/c2c(CC=C(C)C)c(O)cc(O)c2CC=C(C)C)ccc1O. The lowest BCUT2D eigenvalue weighted by Crippen LogP contribution is -1.97. The second-order valence-electron chi connectivity index (χ2n) is 7.52. The molecular weight excluding hydrogens is 364 g/mol. The van der Waals surface area contributed by atoms with Crippen molar-refractivity contribution < 1.29 is 20.1 Å². The Morgan fingerprint density at radius 2 is 1.34 bits per heavy atom. The van der Waals surface area contributed by atoms with Crippen molar-refractivity contribution in [3.8, 4) is 23.0 Å². The van der Waals surface area contributed by atoms with Crippen LogP contribution in [0, 0.1) is 0 Å². The molecule has 2 rings (SSSR count). The monoisotopic (exact) mass is 394 g/mol. The van der Waals surface area contributed by atoms with Gasteiger partial charge in [-0.1, -0.05) is 41.5 Å². The molecule has 4 heteroatoms. The minimum atomic E-state index is 0.0730. The number of phenolic OH excluding ortho intramolecular Hbond substituents is 3. The molecule has 0 radical (unpaired) electrons. The molecule has 0 amide bonds. The largest absolute Gasteiger partial charge is 0.507 e. The Kier molecular flexibility index (Phi) is 7.54. The van der Waals surface area contributed by atoms with Crippen LogP contribution >= 0.6 is 0 Å². The van der Waals surface area contributed by atoms with Crippen molar-refractivity contribution in [3.63, 3.8) is 0 Å². The van der Waals surface area contributed by atoms with Gasteiger partial charge in [-0.2, -0.15) is 0 Å². The van der Waals surface area contributed by atoms with E-state index in [4.69, 9.17) is 4.74 Å². The molecule has 2 aromatic carbocycles. The summed E-state index contributed by atoms with van der Waals surface area (Å²) < 4.78 is 5.17. The maximum atomic E-state index is 10.5. The highest BCUT2D eigenvalue weighted by atomic mass is 16.5. The van der Waals surface area contributed by atoms with Crippen molar-refractivity contribution >= 4 is 12.2 Å². The van der Waals surface area contributed by atoms with Gasteiger partial charge in [0.05, 0.1) is 7.11 Å². The van der Waals surface area contributed by atoms with Crippen LogP contribution in [0.5, 0.6) is 23.0 Å². The van der Waals surface area contributed by atoms with Gasteiger partial charge < -0.3 is 20.1 Å². The fraction of sp³-hybridized carbons (Fsp3) is 0.280. The van der Waals surface area contributed by atoms with Gasteiger partial charge in [-0.05, 0) is 63.8 Å². The van der Waals surface area contributed by atoms with Crippen LogP contribution in [-0.2, 0) is 12.8 Å². The summed E-state index contributed by atoms with van der Waals surface area (Å²) in [4.78, 5) is 0. The zero-order valence-electron chi connectivity index (χ0n) is 17.8. The van der Waals surface area contributed by atoms with E-state index in [1.54, 1.807) is 18.2 Å². The molecule has 0 aliphatic rings. The molecule has 0 saturated heterocycles. The molecule has 3 N–H and O–H groups in total. The van der Waals surface area contributed by atoms with Gasteiger partial charge in [0, 0.05) is 17.2 Å². The summed E-state index contributed by atoms with van der Waals surface area (Å²) in [6.07, 6.45) is 9.01. The third kappa shape index (κ3) is 5.92. The highest BCUT2D eigenvalue weighted by Crippen LogP contribution is 2.36. The molecule has 4 nitrogen and oxygen atoms in total. The fourth-order valence-corrected chi connectivity index (χ4v) is 2.98. The third-order valence-corrected chi connectivity index (χ3v) is 4.62. The molecule has 0 spiro atoms. The topological polar surface area (TPSA) is 69.9 Å². The van der Waals surface area contributed by atoms with E-state index in [0.717, 1.165) is 33.4 Å². The molecule has 0 aliphatic heterocycles. The molecule has 29 heavy (non-hydrogen) atoms. The molecule has 0 aromatic heterocycles. The molecule has 0 saturated carbocycles. The van der Waals surface area contributed by atoms with Gasteiger partial charge in [0.25, 0.3) is 0 Å². The van der Waals surface area contributed by atoms with Gasteiger partial charge in [-0.25, -0.2) is 0 Å². The lowest BCUT2D eigenvalue weighted by Gasteiger charge is -2.15. The van der Waals surface area contributed by atoms with E-state index < -0.39 is 0 Å². The number of ether oxygens (including phenoxy) is 1. The van der Waals surface area contributed by atoms with Gasteiger partial charge in [0.2, 0.25) is 0 Å². The fourth-order valence-electron chi connectivity index (χ4n) is 2.98. The maximum absolute atomic E-state index is 10.5. The molecule has 2 aromatic rings. The van der Waals surface area contributed by atoms with E-state index in [2.05, 4.69) is 12.2 Å². The predicted octanol–water partition coefficient (Wildman–Crippen LogP) is 6.00. The first kappa shape index (κ1) is 22.2. The van der Waals surface area contributed by atoms with Gasteiger partial charge in [0.1, 0.15) is 11.5 Å². The number of rotatable bonds is 7. The molecule has 0 fully saturated rings.